The summed E-state index contributed by atoms with van der Waals surface area (Å²) in [6.45, 7) is 3.18. The Morgan fingerprint density at radius 1 is 1.00 bits per heavy atom. The predicted octanol–water partition coefficient (Wildman–Crippen LogP) is 2.76. The molecule has 0 aliphatic carbocycles. The molecule has 0 N–H and O–H groups in total. The van der Waals surface area contributed by atoms with Gasteiger partial charge >= 0.3 is 0 Å². The molecule has 0 amide bonds. The molecule has 22 heavy (non-hydrogen) atoms. The van der Waals surface area contributed by atoms with Crippen molar-refractivity contribution in [2.24, 2.45) is 0 Å². The quantitative estimate of drug-likeness (QED) is 0.743. The Kier molecular flexibility index (Phi) is 3.86. The van der Waals surface area contributed by atoms with E-state index in [0.29, 0.717) is 0 Å². The van der Waals surface area contributed by atoms with Crippen LogP contribution >= 0.6 is 11.3 Å². The van der Waals surface area contributed by atoms with Crippen LogP contribution in [0.1, 0.15) is 35.7 Å². The maximum Gasteiger partial charge on any atom is 0.234 e. The highest BCUT2D eigenvalue weighted by molar-refractivity contribution is 7.16. The molecule has 0 atom stereocenters. The van der Waals surface area contributed by atoms with E-state index in [4.69, 9.17) is 5.10 Å². The Hall–Kier alpha value is -1.79. The van der Waals surface area contributed by atoms with E-state index in [-0.39, 0.29) is 0 Å². The molecule has 0 unspecified atom stereocenters. The van der Waals surface area contributed by atoms with E-state index in [1.807, 2.05) is 10.6 Å². The summed E-state index contributed by atoms with van der Waals surface area (Å²) in [6, 6.07) is 10.4. The molecule has 3 heterocycles. The third-order valence-electron chi connectivity index (χ3n) is 4.11. The molecule has 5 nitrogen and oxygen atoms in total. The smallest absolute Gasteiger partial charge is 0.234 e. The number of benzene rings is 1. The highest BCUT2D eigenvalue weighted by atomic mass is 32.1. The van der Waals surface area contributed by atoms with Gasteiger partial charge in [-0.05, 0) is 31.5 Å². The van der Waals surface area contributed by atoms with Crippen LogP contribution in [0.5, 0.6) is 0 Å². The van der Waals surface area contributed by atoms with Crippen LogP contribution < -0.4 is 0 Å². The summed E-state index contributed by atoms with van der Waals surface area (Å²) in [5.41, 5.74) is 1.28. The summed E-state index contributed by atoms with van der Waals surface area (Å²) in [5.74, 6) is 0.965. The van der Waals surface area contributed by atoms with Crippen molar-refractivity contribution in [2.45, 2.75) is 32.2 Å². The zero-order valence-electron chi connectivity index (χ0n) is 12.5. The maximum atomic E-state index is 4.72. The lowest BCUT2D eigenvalue weighted by Gasteiger charge is -2.25. The molecule has 6 heteroatoms. The van der Waals surface area contributed by atoms with Gasteiger partial charge in [0.2, 0.25) is 4.96 Å². The second kappa shape index (κ2) is 6.14. The first-order valence-corrected chi connectivity index (χ1v) is 8.66. The third kappa shape index (κ3) is 2.89. The van der Waals surface area contributed by atoms with Gasteiger partial charge in [0.05, 0.1) is 6.54 Å². The molecule has 1 saturated heterocycles. The molecule has 2 aromatic heterocycles. The van der Waals surface area contributed by atoms with Crippen molar-refractivity contribution in [1.29, 1.82) is 0 Å². The molecule has 0 saturated carbocycles. The van der Waals surface area contributed by atoms with Crippen LogP contribution in [-0.4, -0.2) is 37.8 Å². The molecule has 1 aliphatic heterocycles. The van der Waals surface area contributed by atoms with E-state index in [2.05, 4.69) is 39.4 Å². The normalized spacial score (nSPS) is 16.4. The monoisotopic (exact) mass is 313 g/mol. The first-order chi connectivity index (χ1) is 10.9. The number of hydrogen-bond donors (Lipinski definition) is 0. The zero-order valence-corrected chi connectivity index (χ0v) is 13.3. The van der Waals surface area contributed by atoms with Gasteiger partial charge in [-0.3, -0.25) is 4.90 Å². The number of hydrogen-bond acceptors (Lipinski definition) is 5. The Morgan fingerprint density at radius 3 is 2.64 bits per heavy atom. The highest BCUT2D eigenvalue weighted by Gasteiger charge is 2.16. The van der Waals surface area contributed by atoms with Crippen molar-refractivity contribution < 1.29 is 0 Å². The minimum atomic E-state index is 0.857. The second-order valence-corrected chi connectivity index (χ2v) is 6.85. The van der Waals surface area contributed by atoms with Gasteiger partial charge in [0.15, 0.2) is 5.82 Å². The Balaban J connectivity index is 1.54. The SMILES string of the molecule is c1ccc(Cc2nn3c(CN4CCCCC4)nnc3s2)cc1. The minimum absolute atomic E-state index is 0.857. The third-order valence-corrected chi connectivity index (χ3v) is 5.01. The number of aromatic nitrogens is 4. The lowest BCUT2D eigenvalue weighted by atomic mass is 10.1. The molecule has 4 rings (SSSR count). The molecule has 1 aliphatic rings. The fraction of sp³-hybridized carbons (Fsp3) is 0.438. The van der Waals surface area contributed by atoms with E-state index in [9.17, 15) is 0 Å². The van der Waals surface area contributed by atoms with Crippen LogP contribution in [0.2, 0.25) is 0 Å². The largest absolute Gasteiger partial charge is 0.296 e. The summed E-state index contributed by atoms with van der Waals surface area (Å²) in [5, 5.41) is 14.4. The molecular weight excluding hydrogens is 294 g/mol. The van der Waals surface area contributed by atoms with Gasteiger partial charge in [0.1, 0.15) is 5.01 Å². The average Bonchev–Trinajstić information content (AvgIpc) is 3.11. The Bertz CT molecular complexity index is 742. The van der Waals surface area contributed by atoms with Gasteiger partial charge in [0, 0.05) is 6.42 Å². The van der Waals surface area contributed by atoms with Crippen molar-refractivity contribution >= 4 is 16.3 Å². The zero-order chi connectivity index (χ0) is 14.8. The van der Waals surface area contributed by atoms with Crippen molar-refractivity contribution in [3.8, 4) is 0 Å². The van der Waals surface area contributed by atoms with Crippen LogP contribution in [0.4, 0.5) is 0 Å². The van der Waals surface area contributed by atoms with E-state index >= 15 is 0 Å². The van der Waals surface area contributed by atoms with E-state index < -0.39 is 0 Å². The predicted molar refractivity (Wildman–Crippen MR) is 87.0 cm³/mol. The lowest BCUT2D eigenvalue weighted by molar-refractivity contribution is 0.214. The molecule has 114 valence electrons. The van der Waals surface area contributed by atoms with Gasteiger partial charge < -0.3 is 0 Å². The molecule has 0 radical (unpaired) electrons. The van der Waals surface area contributed by atoms with Crippen molar-refractivity contribution in [3.63, 3.8) is 0 Å². The van der Waals surface area contributed by atoms with Crippen molar-refractivity contribution in [1.82, 2.24) is 24.7 Å². The molecule has 3 aromatic rings. The van der Waals surface area contributed by atoms with Gasteiger partial charge in [-0.1, -0.05) is 48.1 Å². The molecule has 1 fully saturated rings. The summed E-state index contributed by atoms with van der Waals surface area (Å²) in [7, 11) is 0. The maximum absolute atomic E-state index is 4.72. The minimum Gasteiger partial charge on any atom is -0.296 e. The average molecular weight is 313 g/mol. The summed E-state index contributed by atoms with van der Waals surface area (Å²) < 4.78 is 1.93. The van der Waals surface area contributed by atoms with Gasteiger partial charge in [-0.2, -0.15) is 9.61 Å². The number of rotatable bonds is 4. The number of fused-ring (bicyclic) bond motifs is 1. The lowest BCUT2D eigenvalue weighted by Crippen LogP contribution is -2.30. The molecule has 0 spiro atoms. The van der Waals surface area contributed by atoms with Crippen LogP contribution in [0.25, 0.3) is 4.96 Å². The van der Waals surface area contributed by atoms with Gasteiger partial charge in [-0.15, -0.1) is 10.2 Å². The number of piperidine rings is 1. The van der Waals surface area contributed by atoms with E-state index in [1.165, 1.54) is 24.8 Å². The summed E-state index contributed by atoms with van der Waals surface area (Å²) in [6.07, 6.45) is 4.79. The number of likely N-dealkylation sites (tertiary alicyclic amines) is 1. The van der Waals surface area contributed by atoms with Crippen LogP contribution in [-0.2, 0) is 13.0 Å². The van der Waals surface area contributed by atoms with Gasteiger partial charge in [-0.25, -0.2) is 0 Å². The van der Waals surface area contributed by atoms with E-state index in [1.54, 1.807) is 11.3 Å². The van der Waals surface area contributed by atoms with Gasteiger partial charge in [0.25, 0.3) is 0 Å². The summed E-state index contributed by atoms with van der Waals surface area (Å²) >= 11 is 1.63. The van der Waals surface area contributed by atoms with Crippen LogP contribution in [0, 0.1) is 0 Å². The topological polar surface area (TPSA) is 46.3 Å². The first-order valence-electron chi connectivity index (χ1n) is 7.85. The fourth-order valence-electron chi connectivity index (χ4n) is 2.96. The highest BCUT2D eigenvalue weighted by Crippen LogP contribution is 2.19. The van der Waals surface area contributed by atoms with Crippen LogP contribution in [0.15, 0.2) is 30.3 Å². The van der Waals surface area contributed by atoms with Crippen molar-refractivity contribution in [3.05, 3.63) is 46.7 Å². The second-order valence-electron chi connectivity index (χ2n) is 5.81. The van der Waals surface area contributed by atoms with E-state index in [0.717, 1.165) is 41.8 Å². The standard InChI is InChI=1S/C16H19N5S/c1-3-7-13(8-4-1)11-15-19-21-14(17-18-16(21)22-15)12-20-9-5-2-6-10-20/h1,3-4,7-8H,2,5-6,9-12H2. The van der Waals surface area contributed by atoms with Crippen LogP contribution in [0.3, 0.4) is 0 Å². The Labute approximate surface area is 133 Å². The van der Waals surface area contributed by atoms with Crippen molar-refractivity contribution in [2.75, 3.05) is 13.1 Å². The Morgan fingerprint density at radius 2 is 1.82 bits per heavy atom. The number of nitrogens with zero attached hydrogens (tertiary/aromatic N) is 5. The summed E-state index contributed by atoms with van der Waals surface area (Å²) in [4.78, 5) is 3.36. The fourth-order valence-corrected chi connectivity index (χ4v) is 3.84. The molecule has 0 bridgehead atoms. The first kappa shape index (κ1) is 13.8. The molecule has 1 aromatic carbocycles. The molecular formula is C16H19N5S.